The Morgan fingerprint density at radius 2 is 1.82 bits per heavy atom. The number of amides is 1. The number of nitrogens with one attached hydrogen (secondary N) is 1. The van der Waals surface area contributed by atoms with Crippen molar-refractivity contribution in [2.75, 3.05) is 26.7 Å². The molecule has 1 aromatic rings. The molecule has 1 saturated heterocycles. The lowest BCUT2D eigenvalue weighted by molar-refractivity contribution is -0.132. The van der Waals surface area contributed by atoms with Crippen LogP contribution in [0.5, 0.6) is 0 Å². The third kappa shape index (κ3) is 4.95. The van der Waals surface area contributed by atoms with E-state index in [4.69, 9.17) is 0 Å². The average Bonchev–Trinajstić information content (AvgIpc) is 2.58. The number of rotatable bonds is 7. The van der Waals surface area contributed by atoms with Crippen molar-refractivity contribution in [1.82, 2.24) is 10.2 Å². The molecule has 4 heteroatoms. The summed E-state index contributed by atoms with van der Waals surface area (Å²) in [6.45, 7) is 2.73. The Bertz CT molecular complexity index is 479. The molecule has 120 valence electrons. The molecule has 1 amide bonds. The van der Waals surface area contributed by atoms with Crippen LogP contribution in [0.3, 0.4) is 0 Å². The van der Waals surface area contributed by atoms with Gasteiger partial charge < -0.3 is 10.2 Å². The maximum Gasteiger partial charge on any atom is 0.223 e. The van der Waals surface area contributed by atoms with Crippen molar-refractivity contribution >= 4 is 11.7 Å². The highest BCUT2D eigenvalue weighted by molar-refractivity contribution is 5.97. The van der Waals surface area contributed by atoms with Gasteiger partial charge in [-0.25, -0.2) is 0 Å². The lowest BCUT2D eigenvalue weighted by atomic mass is 9.93. The number of carbonyl (C=O) groups excluding carboxylic acids is 2. The third-order valence-corrected chi connectivity index (χ3v) is 4.43. The summed E-state index contributed by atoms with van der Waals surface area (Å²) in [5.74, 6) is 0.900. The predicted molar refractivity (Wildman–Crippen MR) is 87.9 cm³/mol. The molecule has 0 unspecified atom stereocenters. The summed E-state index contributed by atoms with van der Waals surface area (Å²) in [4.78, 5) is 26.2. The fourth-order valence-corrected chi connectivity index (χ4v) is 2.97. The van der Waals surface area contributed by atoms with Crippen LogP contribution in [0, 0.1) is 5.92 Å². The number of Topliss-reactive ketones (excluding diaryl/α,β-unsaturated/α-hetero) is 1. The molecule has 1 aliphatic rings. The van der Waals surface area contributed by atoms with Crippen LogP contribution in [-0.2, 0) is 4.79 Å². The third-order valence-electron chi connectivity index (χ3n) is 4.43. The number of carbonyl (C=O) groups is 2. The Morgan fingerprint density at radius 3 is 2.45 bits per heavy atom. The van der Waals surface area contributed by atoms with E-state index in [0.29, 0.717) is 18.4 Å². The van der Waals surface area contributed by atoms with Gasteiger partial charge in [-0.2, -0.15) is 0 Å². The molecule has 1 aliphatic heterocycles. The van der Waals surface area contributed by atoms with Crippen LogP contribution in [0.25, 0.3) is 0 Å². The van der Waals surface area contributed by atoms with Gasteiger partial charge in [0.2, 0.25) is 5.91 Å². The van der Waals surface area contributed by atoms with Crippen LogP contribution in [0.2, 0.25) is 0 Å². The quantitative estimate of drug-likeness (QED) is 0.787. The number of likely N-dealkylation sites (tertiary alicyclic amines) is 1. The van der Waals surface area contributed by atoms with E-state index >= 15 is 0 Å². The van der Waals surface area contributed by atoms with Gasteiger partial charge in [0, 0.05) is 31.5 Å². The lowest BCUT2D eigenvalue weighted by Gasteiger charge is -2.32. The predicted octanol–water partition coefficient (Wildman–Crippen LogP) is 2.50. The Hall–Kier alpha value is -1.68. The Balaban J connectivity index is 1.71. The van der Waals surface area contributed by atoms with E-state index in [9.17, 15) is 9.59 Å². The van der Waals surface area contributed by atoms with E-state index < -0.39 is 0 Å². The van der Waals surface area contributed by atoms with Crippen LogP contribution in [0.1, 0.15) is 42.5 Å². The first-order valence-electron chi connectivity index (χ1n) is 8.21. The normalized spacial score (nSPS) is 15.8. The number of hydrogen-bond donors (Lipinski definition) is 1. The zero-order valence-corrected chi connectivity index (χ0v) is 13.4. The molecule has 0 bridgehead atoms. The number of hydrogen-bond acceptors (Lipinski definition) is 3. The van der Waals surface area contributed by atoms with Crippen LogP contribution in [0.4, 0.5) is 0 Å². The van der Waals surface area contributed by atoms with E-state index in [-0.39, 0.29) is 11.7 Å². The standard InChI is InChI=1S/C18H26N2O2/c1-19-12-9-15-10-13-20(14-11-15)18(22)8-7-17(21)16-5-3-2-4-6-16/h2-6,15,19H,7-14H2,1H3. The van der Waals surface area contributed by atoms with Crippen molar-refractivity contribution in [3.63, 3.8) is 0 Å². The van der Waals surface area contributed by atoms with Crippen molar-refractivity contribution < 1.29 is 9.59 Å². The SMILES string of the molecule is CNCCC1CCN(C(=O)CCC(=O)c2ccccc2)CC1. The second-order valence-corrected chi connectivity index (χ2v) is 6.01. The topological polar surface area (TPSA) is 49.4 Å². The number of piperidine rings is 1. The van der Waals surface area contributed by atoms with Crippen LogP contribution in [0.15, 0.2) is 30.3 Å². The molecule has 0 aliphatic carbocycles. The van der Waals surface area contributed by atoms with Gasteiger partial charge in [0.25, 0.3) is 0 Å². The van der Waals surface area contributed by atoms with Gasteiger partial charge in [0.15, 0.2) is 5.78 Å². The zero-order valence-electron chi connectivity index (χ0n) is 13.4. The molecule has 1 aromatic carbocycles. The zero-order chi connectivity index (χ0) is 15.8. The molecule has 22 heavy (non-hydrogen) atoms. The summed E-state index contributed by atoms with van der Waals surface area (Å²) in [6, 6.07) is 9.20. The van der Waals surface area contributed by atoms with E-state index in [1.54, 1.807) is 12.1 Å². The summed E-state index contributed by atoms with van der Waals surface area (Å²) < 4.78 is 0. The van der Waals surface area contributed by atoms with Crippen molar-refractivity contribution in [1.29, 1.82) is 0 Å². The second kappa shape index (κ2) is 8.69. The molecular weight excluding hydrogens is 276 g/mol. The summed E-state index contributed by atoms with van der Waals surface area (Å²) >= 11 is 0. The minimum Gasteiger partial charge on any atom is -0.343 e. The van der Waals surface area contributed by atoms with E-state index in [1.807, 2.05) is 30.1 Å². The maximum absolute atomic E-state index is 12.2. The molecule has 4 nitrogen and oxygen atoms in total. The Labute approximate surface area is 132 Å². The molecule has 0 spiro atoms. The second-order valence-electron chi connectivity index (χ2n) is 6.01. The monoisotopic (exact) mass is 302 g/mol. The van der Waals surface area contributed by atoms with Gasteiger partial charge in [-0.3, -0.25) is 9.59 Å². The first kappa shape index (κ1) is 16.7. The first-order chi connectivity index (χ1) is 10.7. The summed E-state index contributed by atoms with van der Waals surface area (Å²) in [5.41, 5.74) is 0.695. The van der Waals surface area contributed by atoms with Crippen molar-refractivity contribution in [2.45, 2.75) is 32.1 Å². The molecular formula is C18H26N2O2. The highest BCUT2D eigenvalue weighted by atomic mass is 16.2. The van der Waals surface area contributed by atoms with Gasteiger partial charge in [-0.05, 0) is 38.8 Å². The largest absolute Gasteiger partial charge is 0.343 e. The number of benzene rings is 1. The van der Waals surface area contributed by atoms with E-state index in [0.717, 1.165) is 38.4 Å². The molecule has 0 atom stereocenters. The molecule has 0 saturated carbocycles. The fourth-order valence-electron chi connectivity index (χ4n) is 2.97. The maximum atomic E-state index is 12.2. The van der Waals surface area contributed by atoms with Crippen LogP contribution >= 0.6 is 0 Å². The van der Waals surface area contributed by atoms with Gasteiger partial charge in [0.1, 0.15) is 0 Å². The van der Waals surface area contributed by atoms with Crippen molar-refractivity contribution in [3.8, 4) is 0 Å². The van der Waals surface area contributed by atoms with Gasteiger partial charge in [0.05, 0.1) is 0 Å². The van der Waals surface area contributed by atoms with Crippen LogP contribution < -0.4 is 5.32 Å². The minimum absolute atomic E-state index is 0.0536. The molecule has 2 rings (SSSR count). The Kier molecular flexibility index (Phi) is 6.59. The minimum atomic E-state index is 0.0536. The van der Waals surface area contributed by atoms with E-state index in [1.165, 1.54) is 6.42 Å². The number of nitrogens with zero attached hydrogens (tertiary/aromatic N) is 1. The molecule has 0 aromatic heterocycles. The smallest absolute Gasteiger partial charge is 0.223 e. The first-order valence-corrected chi connectivity index (χ1v) is 8.21. The summed E-state index contributed by atoms with van der Waals surface area (Å²) in [6.07, 6.45) is 3.99. The molecule has 1 N–H and O–H groups in total. The van der Waals surface area contributed by atoms with Crippen molar-refractivity contribution in [3.05, 3.63) is 35.9 Å². The van der Waals surface area contributed by atoms with Crippen molar-refractivity contribution in [2.24, 2.45) is 5.92 Å². The van der Waals surface area contributed by atoms with Gasteiger partial charge >= 0.3 is 0 Å². The highest BCUT2D eigenvalue weighted by Crippen LogP contribution is 2.20. The highest BCUT2D eigenvalue weighted by Gasteiger charge is 2.22. The summed E-state index contributed by atoms with van der Waals surface area (Å²) in [5, 5.41) is 3.18. The van der Waals surface area contributed by atoms with Crippen LogP contribution in [-0.4, -0.2) is 43.3 Å². The molecule has 1 heterocycles. The average molecular weight is 302 g/mol. The molecule has 0 radical (unpaired) electrons. The summed E-state index contributed by atoms with van der Waals surface area (Å²) in [7, 11) is 1.97. The fraction of sp³-hybridized carbons (Fsp3) is 0.556. The van der Waals surface area contributed by atoms with E-state index in [2.05, 4.69) is 5.32 Å². The Morgan fingerprint density at radius 1 is 1.14 bits per heavy atom. The molecule has 1 fully saturated rings. The van der Waals surface area contributed by atoms with Gasteiger partial charge in [-0.15, -0.1) is 0 Å². The van der Waals surface area contributed by atoms with Gasteiger partial charge in [-0.1, -0.05) is 30.3 Å². The number of ketones is 1. The lowest BCUT2D eigenvalue weighted by Crippen LogP contribution is -2.39.